The first-order chi connectivity index (χ1) is 16.9. The van der Waals surface area contributed by atoms with Crippen LogP contribution in [0, 0.1) is 0 Å². The van der Waals surface area contributed by atoms with Gasteiger partial charge in [0, 0.05) is 22.2 Å². The minimum absolute atomic E-state index is 0.278. The largest absolute Gasteiger partial charge is 0.270 e. The van der Waals surface area contributed by atoms with Gasteiger partial charge in [-0.15, -0.1) is 0 Å². The van der Waals surface area contributed by atoms with Gasteiger partial charge in [0.05, 0.1) is 11.4 Å². The van der Waals surface area contributed by atoms with Crippen molar-refractivity contribution in [2.75, 3.05) is 6.54 Å². The van der Waals surface area contributed by atoms with Gasteiger partial charge in [0.25, 0.3) is 10.0 Å². The van der Waals surface area contributed by atoms with Crippen molar-refractivity contribution in [3.63, 3.8) is 0 Å². The Morgan fingerprint density at radius 3 is 2.17 bits per heavy atom. The number of hydrogen-bond donors (Lipinski definition) is 0. The first-order valence-corrected chi connectivity index (χ1v) is 13.3. The third kappa shape index (κ3) is 4.26. The van der Waals surface area contributed by atoms with Gasteiger partial charge in [-0.3, -0.25) is 4.99 Å². The highest BCUT2D eigenvalue weighted by molar-refractivity contribution is 7.94. The molecule has 1 aliphatic heterocycles. The topological polar surface area (TPSA) is 49.7 Å². The van der Waals surface area contributed by atoms with Crippen LogP contribution in [0.4, 0.5) is 0 Å². The quantitative estimate of drug-likeness (QED) is 0.392. The SMILES string of the molecule is CC1(c2ccccc2)CC=C(S(=O)(=O)N2C=CCN=C2)C(c2ccccc2)=C1c1ccc(Cl)cc1. The molecule has 0 N–H and O–H groups in total. The van der Waals surface area contributed by atoms with E-state index in [0.717, 1.165) is 22.3 Å². The van der Waals surface area contributed by atoms with Crippen molar-refractivity contribution >= 4 is 39.1 Å². The number of benzene rings is 3. The second-order valence-electron chi connectivity index (χ2n) is 8.79. The average molecular weight is 501 g/mol. The zero-order chi connectivity index (χ0) is 24.5. The molecule has 0 fully saturated rings. The van der Waals surface area contributed by atoms with Crippen molar-refractivity contribution in [2.24, 2.45) is 4.99 Å². The molecule has 0 radical (unpaired) electrons. The van der Waals surface area contributed by atoms with E-state index >= 15 is 0 Å². The summed E-state index contributed by atoms with van der Waals surface area (Å²) >= 11 is 6.24. The van der Waals surface area contributed by atoms with Crippen molar-refractivity contribution in [3.8, 4) is 0 Å². The van der Waals surface area contributed by atoms with Gasteiger partial charge < -0.3 is 0 Å². The van der Waals surface area contributed by atoms with E-state index in [2.05, 4.69) is 24.0 Å². The summed E-state index contributed by atoms with van der Waals surface area (Å²) in [6, 6.07) is 27.6. The predicted molar refractivity (Wildman–Crippen MR) is 144 cm³/mol. The van der Waals surface area contributed by atoms with E-state index in [9.17, 15) is 8.42 Å². The lowest BCUT2D eigenvalue weighted by molar-refractivity contribution is 0.569. The number of sulfonamides is 1. The number of halogens is 1. The molecule has 2 aliphatic rings. The van der Waals surface area contributed by atoms with Gasteiger partial charge in [-0.1, -0.05) is 97.4 Å². The van der Waals surface area contributed by atoms with Crippen LogP contribution in [0.3, 0.4) is 0 Å². The van der Waals surface area contributed by atoms with Gasteiger partial charge in [0.15, 0.2) is 0 Å². The Bertz CT molecular complexity index is 1450. The van der Waals surface area contributed by atoms with Crippen LogP contribution in [0.5, 0.6) is 0 Å². The molecular weight excluding hydrogens is 476 g/mol. The van der Waals surface area contributed by atoms with Gasteiger partial charge in [0.1, 0.15) is 6.34 Å². The zero-order valence-electron chi connectivity index (χ0n) is 19.3. The molecule has 176 valence electrons. The molecule has 0 aromatic heterocycles. The molecular formula is C29H25ClN2O2S. The van der Waals surface area contributed by atoms with Gasteiger partial charge in [0.2, 0.25) is 0 Å². The second kappa shape index (κ2) is 9.33. The van der Waals surface area contributed by atoms with E-state index < -0.39 is 15.4 Å². The number of aliphatic imine (C=N–C) groups is 1. The van der Waals surface area contributed by atoms with Crippen LogP contribution in [0.2, 0.25) is 5.02 Å². The average Bonchev–Trinajstić information content (AvgIpc) is 2.90. The lowest BCUT2D eigenvalue weighted by atomic mass is 9.66. The van der Waals surface area contributed by atoms with Crippen LogP contribution in [-0.4, -0.2) is 25.6 Å². The summed E-state index contributed by atoms with van der Waals surface area (Å²) in [7, 11) is -3.89. The number of rotatable bonds is 5. The Kier molecular flexibility index (Phi) is 6.22. The molecule has 0 saturated heterocycles. The molecule has 0 amide bonds. The highest BCUT2D eigenvalue weighted by Gasteiger charge is 2.41. The lowest BCUT2D eigenvalue weighted by Crippen LogP contribution is -2.33. The smallest absolute Gasteiger partial charge is 0.269 e. The van der Waals surface area contributed by atoms with E-state index in [4.69, 9.17) is 11.6 Å². The highest BCUT2D eigenvalue weighted by Crippen LogP contribution is 2.52. The molecule has 4 nitrogen and oxygen atoms in total. The number of hydrogen-bond acceptors (Lipinski definition) is 3. The maximum absolute atomic E-state index is 14.0. The Hall–Kier alpha value is -3.41. The van der Waals surface area contributed by atoms with Crippen LogP contribution in [-0.2, 0) is 15.4 Å². The monoisotopic (exact) mass is 500 g/mol. The summed E-state index contributed by atoms with van der Waals surface area (Å²) in [6.07, 6.45) is 7.07. The van der Waals surface area contributed by atoms with Crippen molar-refractivity contribution < 1.29 is 8.42 Å². The third-order valence-electron chi connectivity index (χ3n) is 6.56. The lowest BCUT2D eigenvalue weighted by Gasteiger charge is -2.39. The molecule has 3 aromatic carbocycles. The van der Waals surface area contributed by atoms with Gasteiger partial charge >= 0.3 is 0 Å². The maximum atomic E-state index is 14.0. The summed E-state index contributed by atoms with van der Waals surface area (Å²) in [5.41, 5.74) is 4.06. The van der Waals surface area contributed by atoms with Crippen molar-refractivity contribution in [2.45, 2.75) is 18.8 Å². The van der Waals surface area contributed by atoms with Gasteiger partial charge in [-0.05, 0) is 46.9 Å². The zero-order valence-corrected chi connectivity index (χ0v) is 20.9. The molecule has 0 bridgehead atoms. The standard InChI is InChI=1S/C29H25ClN2O2S/c1-29(24-11-6-3-7-12-24)18-17-26(35(33,34)32-20-8-19-31-21-32)27(22-9-4-2-5-10-22)28(29)23-13-15-25(30)16-14-23/h2-17,20-21H,18-19H2,1H3. The van der Waals surface area contributed by atoms with Crippen LogP contribution in [0.15, 0.2) is 113 Å². The molecule has 0 saturated carbocycles. The van der Waals surface area contributed by atoms with E-state index in [1.54, 1.807) is 12.3 Å². The second-order valence-corrected chi connectivity index (χ2v) is 11.0. The summed E-state index contributed by atoms with van der Waals surface area (Å²) in [6.45, 7) is 2.64. The molecule has 1 aliphatic carbocycles. The molecule has 0 spiro atoms. The van der Waals surface area contributed by atoms with E-state index in [1.807, 2.05) is 78.9 Å². The molecule has 6 heteroatoms. The fourth-order valence-electron chi connectivity index (χ4n) is 4.81. The minimum atomic E-state index is -3.89. The normalized spacial score (nSPS) is 20.2. The molecule has 1 atom stereocenters. The van der Waals surface area contributed by atoms with Crippen molar-refractivity contribution in [1.82, 2.24) is 4.31 Å². The summed E-state index contributed by atoms with van der Waals surface area (Å²) in [4.78, 5) is 4.44. The van der Waals surface area contributed by atoms with Gasteiger partial charge in [-0.2, -0.15) is 0 Å². The van der Waals surface area contributed by atoms with Gasteiger partial charge in [-0.25, -0.2) is 12.7 Å². The summed E-state index contributed by atoms with van der Waals surface area (Å²) < 4.78 is 29.1. The van der Waals surface area contributed by atoms with Crippen LogP contribution < -0.4 is 0 Å². The molecule has 35 heavy (non-hydrogen) atoms. The Morgan fingerprint density at radius 2 is 1.54 bits per heavy atom. The minimum Gasteiger partial charge on any atom is -0.270 e. The fourth-order valence-corrected chi connectivity index (χ4v) is 6.37. The third-order valence-corrected chi connectivity index (χ3v) is 8.51. The van der Waals surface area contributed by atoms with Crippen LogP contribution in [0.1, 0.15) is 30.0 Å². The number of allylic oxidation sites excluding steroid dienone is 3. The molecule has 1 heterocycles. The Morgan fingerprint density at radius 1 is 0.886 bits per heavy atom. The predicted octanol–water partition coefficient (Wildman–Crippen LogP) is 6.68. The first kappa shape index (κ1) is 23.3. The van der Waals surface area contributed by atoms with Crippen LogP contribution >= 0.6 is 11.6 Å². The summed E-state index contributed by atoms with van der Waals surface area (Å²) in [5, 5.41) is 0.630. The highest BCUT2D eigenvalue weighted by atomic mass is 35.5. The molecule has 1 unspecified atom stereocenters. The first-order valence-electron chi connectivity index (χ1n) is 11.4. The van der Waals surface area contributed by atoms with E-state index in [1.165, 1.54) is 10.6 Å². The Labute approximate surface area is 211 Å². The molecule has 5 rings (SSSR count). The maximum Gasteiger partial charge on any atom is 0.269 e. The van der Waals surface area contributed by atoms with E-state index in [0.29, 0.717) is 23.6 Å². The summed E-state index contributed by atoms with van der Waals surface area (Å²) in [5.74, 6) is 0. The Balaban J connectivity index is 1.84. The van der Waals surface area contributed by atoms with Crippen LogP contribution in [0.25, 0.3) is 11.1 Å². The number of nitrogens with zero attached hydrogens (tertiary/aromatic N) is 2. The van der Waals surface area contributed by atoms with Crippen molar-refractivity contribution in [3.05, 3.63) is 130 Å². The molecule has 3 aromatic rings. The fraction of sp³-hybridized carbons (Fsp3) is 0.138. The van der Waals surface area contributed by atoms with Crippen molar-refractivity contribution in [1.29, 1.82) is 0 Å². The van der Waals surface area contributed by atoms with E-state index in [-0.39, 0.29) is 4.91 Å².